The number of anilines is 1. The van der Waals surface area contributed by atoms with E-state index in [-0.39, 0.29) is 12.5 Å². The summed E-state index contributed by atoms with van der Waals surface area (Å²) in [6.45, 7) is 6.17. The number of rotatable bonds is 7. The van der Waals surface area contributed by atoms with Crippen LogP contribution in [-0.2, 0) is 11.2 Å². The van der Waals surface area contributed by atoms with Gasteiger partial charge in [0.15, 0.2) is 6.61 Å². The van der Waals surface area contributed by atoms with Crippen LogP contribution in [0.4, 0.5) is 5.69 Å². The fourth-order valence-electron chi connectivity index (χ4n) is 2.50. The molecule has 3 nitrogen and oxygen atoms in total. The lowest BCUT2D eigenvalue weighted by Gasteiger charge is -2.12. The van der Waals surface area contributed by atoms with Crippen LogP contribution in [0.3, 0.4) is 0 Å². The molecule has 0 unspecified atom stereocenters. The highest BCUT2D eigenvalue weighted by Crippen LogP contribution is 2.22. The normalized spacial score (nSPS) is 10.4. The Hall–Kier alpha value is -2.29. The first-order valence-corrected chi connectivity index (χ1v) is 8.18. The summed E-state index contributed by atoms with van der Waals surface area (Å²) in [6, 6.07) is 14.0. The summed E-state index contributed by atoms with van der Waals surface area (Å²) in [6.07, 6.45) is 3.46. The molecule has 0 radical (unpaired) electrons. The second-order valence-corrected chi connectivity index (χ2v) is 5.86. The molecule has 3 heteroatoms. The van der Waals surface area contributed by atoms with Gasteiger partial charge in [-0.15, -0.1) is 0 Å². The van der Waals surface area contributed by atoms with Crippen LogP contribution in [0.2, 0.25) is 0 Å². The van der Waals surface area contributed by atoms with Gasteiger partial charge < -0.3 is 10.1 Å². The Bertz CT molecular complexity index is 627. The maximum Gasteiger partial charge on any atom is 0.262 e. The smallest absolute Gasteiger partial charge is 0.262 e. The second kappa shape index (κ2) is 8.37. The predicted octanol–water partition coefficient (Wildman–Crippen LogP) is 4.66. The zero-order valence-electron chi connectivity index (χ0n) is 14.2. The summed E-state index contributed by atoms with van der Waals surface area (Å²) >= 11 is 0. The van der Waals surface area contributed by atoms with E-state index in [9.17, 15) is 4.79 Å². The quantitative estimate of drug-likeness (QED) is 0.807. The number of hydrogen-bond donors (Lipinski definition) is 1. The zero-order chi connectivity index (χ0) is 16.7. The summed E-state index contributed by atoms with van der Waals surface area (Å²) in [5.41, 5.74) is 4.19. The van der Waals surface area contributed by atoms with Crippen molar-refractivity contribution in [1.82, 2.24) is 0 Å². The van der Waals surface area contributed by atoms with E-state index in [1.165, 1.54) is 18.4 Å². The van der Waals surface area contributed by atoms with E-state index in [4.69, 9.17) is 4.74 Å². The molecule has 0 aliphatic rings. The Balaban J connectivity index is 1.87. The molecule has 2 aromatic carbocycles. The fraction of sp³-hybridized carbons (Fsp3) is 0.350. The van der Waals surface area contributed by atoms with E-state index >= 15 is 0 Å². The lowest BCUT2D eigenvalue weighted by atomic mass is 10.1. The Kier molecular flexibility index (Phi) is 6.21. The Morgan fingerprint density at radius 1 is 1.04 bits per heavy atom. The van der Waals surface area contributed by atoms with Crippen LogP contribution in [0.25, 0.3) is 0 Å². The first-order valence-electron chi connectivity index (χ1n) is 8.18. The third-order valence-corrected chi connectivity index (χ3v) is 3.81. The van der Waals surface area contributed by atoms with Crippen molar-refractivity contribution in [1.29, 1.82) is 0 Å². The Morgan fingerprint density at radius 2 is 1.70 bits per heavy atom. The van der Waals surface area contributed by atoms with E-state index in [0.29, 0.717) is 0 Å². The molecule has 0 fully saturated rings. The maximum absolute atomic E-state index is 12.0. The van der Waals surface area contributed by atoms with Crippen molar-refractivity contribution >= 4 is 11.6 Å². The van der Waals surface area contributed by atoms with Crippen LogP contribution >= 0.6 is 0 Å². The molecular formula is C20H25NO2. The lowest BCUT2D eigenvalue weighted by molar-refractivity contribution is -0.118. The summed E-state index contributed by atoms with van der Waals surface area (Å²) < 4.78 is 5.67. The largest absolute Gasteiger partial charge is 0.483 e. The average Bonchev–Trinajstić information content (AvgIpc) is 2.54. The third kappa shape index (κ3) is 5.13. The molecule has 0 aromatic heterocycles. The molecule has 0 saturated carbocycles. The number of ether oxygens (including phenoxy) is 1. The zero-order valence-corrected chi connectivity index (χ0v) is 14.2. The van der Waals surface area contributed by atoms with Crippen LogP contribution in [0.5, 0.6) is 5.75 Å². The molecule has 0 saturated heterocycles. The van der Waals surface area contributed by atoms with Crippen molar-refractivity contribution in [3.05, 3.63) is 59.2 Å². The van der Waals surface area contributed by atoms with E-state index in [1.807, 2.05) is 44.2 Å². The monoisotopic (exact) mass is 311 g/mol. The minimum atomic E-state index is -0.144. The number of nitrogens with one attached hydrogen (secondary N) is 1. The van der Waals surface area contributed by atoms with Crippen molar-refractivity contribution in [3.8, 4) is 5.75 Å². The van der Waals surface area contributed by atoms with Crippen molar-refractivity contribution in [2.24, 2.45) is 0 Å². The van der Waals surface area contributed by atoms with E-state index in [0.717, 1.165) is 29.0 Å². The lowest BCUT2D eigenvalue weighted by Crippen LogP contribution is -2.20. The van der Waals surface area contributed by atoms with Crippen LogP contribution in [-0.4, -0.2) is 12.5 Å². The van der Waals surface area contributed by atoms with Gasteiger partial charge in [-0.25, -0.2) is 0 Å². The van der Waals surface area contributed by atoms with Gasteiger partial charge in [0.2, 0.25) is 0 Å². The Labute approximate surface area is 138 Å². The van der Waals surface area contributed by atoms with Gasteiger partial charge in [0.25, 0.3) is 5.91 Å². The molecule has 0 atom stereocenters. The van der Waals surface area contributed by atoms with Crippen molar-refractivity contribution in [2.75, 3.05) is 11.9 Å². The molecular weight excluding hydrogens is 286 g/mol. The number of aryl methyl sites for hydroxylation is 3. The maximum atomic E-state index is 12.0. The minimum absolute atomic E-state index is 0.0171. The van der Waals surface area contributed by atoms with Gasteiger partial charge in [0.1, 0.15) is 5.75 Å². The molecule has 0 aliphatic carbocycles. The number of carbonyl (C=O) groups excluding carboxylic acids is 1. The summed E-state index contributed by atoms with van der Waals surface area (Å²) in [7, 11) is 0. The summed E-state index contributed by atoms with van der Waals surface area (Å²) in [4.78, 5) is 12.0. The van der Waals surface area contributed by atoms with Crippen LogP contribution in [0.1, 0.15) is 36.5 Å². The first-order chi connectivity index (χ1) is 11.1. The molecule has 0 aliphatic heterocycles. The Morgan fingerprint density at radius 3 is 2.30 bits per heavy atom. The molecule has 0 heterocycles. The minimum Gasteiger partial charge on any atom is -0.483 e. The number of unbranched alkanes of at least 4 members (excludes halogenated alkanes) is 1. The summed E-state index contributed by atoms with van der Waals surface area (Å²) in [5, 5.41) is 2.87. The van der Waals surface area contributed by atoms with Crippen LogP contribution in [0.15, 0.2) is 42.5 Å². The number of para-hydroxylation sites is 1. The van der Waals surface area contributed by atoms with E-state index in [1.54, 1.807) is 0 Å². The molecule has 2 aromatic rings. The fourth-order valence-corrected chi connectivity index (χ4v) is 2.50. The van der Waals surface area contributed by atoms with Gasteiger partial charge in [-0.2, -0.15) is 0 Å². The number of carbonyl (C=O) groups is 1. The second-order valence-electron chi connectivity index (χ2n) is 5.86. The molecule has 122 valence electrons. The molecule has 0 bridgehead atoms. The van der Waals surface area contributed by atoms with Crippen molar-refractivity contribution < 1.29 is 9.53 Å². The van der Waals surface area contributed by atoms with Gasteiger partial charge in [-0.05, 0) is 55.5 Å². The first kappa shape index (κ1) is 17.1. The average molecular weight is 311 g/mol. The predicted molar refractivity (Wildman–Crippen MR) is 95.1 cm³/mol. The molecule has 2 rings (SSSR count). The third-order valence-electron chi connectivity index (χ3n) is 3.81. The van der Waals surface area contributed by atoms with Gasteiger partial charge >= 0.3 is 0 Å². The van der Waals surface area contributed by atoms with Crippen LogP contribution in [0, 0.1) is 13.8 Å². The van der Waals surface area contributed by atoms with E-state index < -0.39 is 0 Å². The molecule has 0 spiro atoms. The van der Waals surface area contributed by atoms with Crippen molar-refractivity contribution in [3.63, 3.8) is 0 Å². The standard InChI is InChI=1S/C20H25NO2/c1-4-5-9-17-10-12-18(13-11-17)21-19(22)14-23-20-15(2)7-6-8-16(20)3/h6-8,10-13H,4-5,9,14H2,1-3H3,(H,21,22). The highest BCUT2D eigenvalue weighted by molar-refractivity contribution is 5.91. The molecule has 1 N–H and O–H groups in total. The van der Waals surface area contributed by atoms with Crippen molar-refractivity contribution in [2.45, 2.75) is 40.0 Å². The highest BCUT2D eigenvalue weighted by Gasteiger charge is 2.07. The SMILES string of the molecule is CCCCc1ccc(NC(=O)COc2c(C)cccc2C)cc1. The van der Waals surface area contributed by atoms with Crippen LogP contribution < -0.4 is 10.1 Å². The summed E-state index contributed by atoms with van der Waals surface area (Å²) in [5.74, 6) is 0.645. The van der Waals surface area contributed by atoms with Gasteiger partial charge in [0.05, 0.1) is 0 Å². The topological polar surface area (TPSA) is 38.3 Å². The van der Waals surface area contributed by atoms with Gasteiger partial charge in [-0.1, -0.05) is 43.7 Å². The van der Waals surface area contributed by atoms with Gasteiger partial charge in [0, 0.05) is 5.69 Å². The number of amides is 1. The van der Waals surface area contributed by atoms with E-state index in [2.05, 4.69) is 24.4 Å². The number of hydrogen-bond acceptors (Lipinski definition) is 2. The molecule has 23 heavy (non-hydrogen) atoms. The van der Waals surface area contributed by atoms with Gasteiger partial charge in [-0.3, -0.25) is 4.79 Å². The highest BCUT2D eigenvalue weighted by atomic mass is 16.5. The number of benzene rings is 2. The molecule has 1 amide bonds.